The summed E-state index contributed by atoms with van der Waals surface area (Å²) in [6.07, 6.45) is 3.38. The van der Waals surface area contributed by atoms with Crippen molar-refractivity contribution >= 4 is 15.8 Å². The molecule has 0 amide bonds. The Morgan fingerprint density at radius 1 is 1.25 bits per heavy atom. The summed E-state index contributed by atoms with van der Waals surface area (Å²) in [6, 6.07) is 5.89. The third-order valence-electron chi connectivity index (χ3n) is 3.45. The predicted molar refractivity (Wildman–Crippen MR) is 73.4 cm³/mol. The largest absolute Gasteiger partial charge is 0.456 e. The molecule has 1 aromatic carbocycles. The minimum Gasteiger partial charge on any atom is -0.456 e. The van der Waals surface area contributed by atoms with Crippen LogP contribution in [-0.2, 0) is 19.3 Å². The van der Waals surface area contributed by atoms with Crippen molar-refractivity contribution in [3.63, 3.8) is 0 Å². The van der Waals surface area contributed by atoms with E-state index >= 15 is 0 Å². The number of ether oxygens (including phenoxy) is 2. The highest BCUT2D eigenvalue weighted by atomic mass is 32.2. The molecule has 1 fully saturated rings. The summed E-state index contributed by atoms with van der Waals surface area (Å²) in [5.74, 6) is -0.510. The zero-order valence-electron chi connectivity index (χ0n) is 11.5. The molecule has 0 radical (unpaired) electrons. The first-order valence-corrected chi connectivity index (χ1v) is 8.35. The van der Waals surface area contributed by atoms with Gasteiger partial charge in [0.25, 0.3) is 0 Å². The van der Waals surface area contributed by atoms with E-state index in [4.69, 9.17) is 9.47 Å². The molecule has 1 aromatic rings. The van der Waals surface area contributed by atoms with Crippen LogP contribution in [0.15, 0.2) is 29.2 Å². The average Bonchev–Trinajstić information content (AvgIpc) is 2.85. The van der Waals surface area contributed by atoms with E-state index in [1.54, 1.807) is 13.2 Å². The second-order valence-corrected chi connectivity index (χ2v) is 6.96. The standard InChI is InChI=1S/C14H18O5S/c1-18-12-7-4-8-13(12)19-14(15)10-5-3-6-11(9-10)20(2,16)17/h3,5-6,9,12-13H,4,7-8H2,1-2H3/t12-,13-/m0/s1. The summed E-state index contributed by atoms with van der Waals surface area (Å²) >= 11 is 0. The SMILES string of the molecule is CO[C@H]1CCC[C@@H]1OC(=O)c1cccc(S(C)(=O)=O)c1. The van der Waals surface area contributed by atoms with Crippen LogP contribution in [0.4, 0.5) is 0 Å². The van der Waals surface area contributed by atoms with Crippen LogP contribution < -0.4 is 0 Å². The molecule has 1 aliphatic rings. The Balaban J connectivity index is 2.14. The van der Waals surface area contributed by atoms with E-state index in [-0.39, 0.29) is 22.7 Å². The van der Waals surface area contributed by atoms with Crippen molar-refractivity contribution in [2.45, 2.75) is 36.4 Å². The molecule has 2 atom stereocenters. The first-order chi connectivity index (χ1) is 9.41. The van der Waals surface area contributed by atoms with Gasteiger partial charge in [0.1, 0.15) is 6.10 Å². The van der Waals surface area contributed by atoms with Crippen LogP contribution in [0.25, 0.3) is 0 Å². The summed E-state index contributed by atoms with van der Waals surface area (Å²) in [5.41, 5.74) is 0.245. The van der Waals surface area contributed by atoms with Crippen molar-refractivity contribution in [2.75, 3.05) is 13.4 Å². The third-order valence-corrected chi connectivity index (χ3v) is 4.56. The molecule has 2 rings (SSSR count). The van der Waals surface area contributed by atoms with E-state index < -0.39 is 15.8 Å². The highest BCUT2D eigenvalue weighted by molar-refractivity contribution is 7.90. The van der Waals surface area contributed by atoms with Gasteiger partial charge in [-0.25, -0.2) is 13.2 Å². The number of hydrogen-bond donors (Lipinski definition) is 0. The van der Waals surface area contributed by atoms with Gasteiger partial charge in [0, 0.05) is 13.4 Å². The van der Waals surface area contributed by atoms with Crippen LogP contribution in [0, 0.1) is 0 Å². The zero-order valence-corrected chi connectivity index (χ0v) is 12.4. The summed E-state index contributed by atoms with van der Waals surface area (Å²) in [4.78, 5) is 12.2. The maximum atomic E-state index is 12.1. The Kier molecular flexibility index (Phi) is 4.45. The van der Waals surface area contributed by atoms with E-state index in [0.29, 0.717) is 0 Å². The second-order valence-electron chi connectivity index (χ2n) is 4.95. The fourth-order valence-corrected chi connectivity index (χ4v) is 3.02. The fraction of sp³-hybridized carbons (Fsp3) is 0.500. The lowest BCUT2D eigenvalue weighted by molar-refractivity contribution is -0.0206. The summed E-state index contributed by atoms with van der Waals surface area (Å²) < 4.78 is 33.6. The Morgan fingerprint density at radius 3 is 2.60 bits per heavy atom. The summed E-state index contributed by atoms with van der Waals surface area (Å²) in [7, 11) is -1.74. The molecule has 0 aliphatic heterocycles. The Labute approximate surface area is 118 Å². The zero-order chi connectivity index (χ0) is 14.8. The molecule has 1 saturated carbocycles. The number of carbonyl (C=O) groups excluding carboxylic acids is 1. The van der Waals surface area contributed by atoms with Crippen LogP contribution in [0.1, 0.15) is 29.6 Å². The van der Waals surface area contributed by atoms with Crippen LogP contribution in [0.2, 0.25) is 0 Å². The van der Waals surface area contributed by atoms with Gasteiger partial charge in [-0.1, -0.05) is 6.07 Å². The van der Waals surface area contributed by atoms with E-state index in [9.17, 15) is 13.2 Å². The van der Waals surface area contributed by atoms with Gasteiger partial charge in [-0.15, -0.1) is 0 Å². The van der Waals surface area contributed by atoms with Gasteiger partial charge in [0.05, 0.1) is 16.6 Å². The van der Waals surface area contributed by atoms with Gasteiger partial charge < -0.3 is 9.47 Å². The van der Waals surface area contributed by atoms with E-state index in [0.717, 1.165) is 25.5 Å². The minimum absolute atomic E-state index is 0.0722. The van der Waals surface area contributed by atoms with Crippen molar-refractivity contribution in [1.29, 1.82) is 0 Å². The van der Waals surface area contributed by atoms with E-state index in [2.05, 4.69) is 0 Å². The van der Waals surface area contributed by atoms with Gasteiger partial charge >= 0.3 is 5.97 Å². The van der Waals surface area contributed by atoms with Crippen molar-refractivity contribution < 1.29 is 22.7 Å². The number of methoxy groups -OCH3 is 1. The average molecular weight is 298 g/mol. The molecule has 1 aliphatic carbocycles. The lowest BCUT2D eigenvalue weighted by Crippen LogP contribution is -2.27. The van der Waals surface area contributed by atoms with Gasteiger partial charge in [-0.05, 0) is 37.5 Å². The third kappa shape index (κ3) is 3.37. The maximum absolute atomic E-state index is 12.1. The Morgan fingerprint density at radius 2 is 1.95 bits per heavy atom. The van der Waals surface area contributed by atoms with Gasteiger partial charge in [0.15, 0.2) is 9.84 Å². The predicted octanol–water partition coefficient (Wildman–Crippen LogP) is 1.81. The quantitative estimate of drug-likeness (QED) is 0.793. The highest BCUT2D eigenvalue weighted by Crippen LogP contribution is 2.25. The topological polar surface area (TPSA) is 69.7 Å². The molecule has 0 aromatic heterocycles. The van der Waals surface area contributed by atoms with Crippen LogP contribution in [0.3, 0.4) is 0 Å². The smallest absolute Gasteiger partial charge is 0.338 e. The molecular weight excluding hydrogens is 280 g/mol. The van der Waals surface area contributed by atoms with Gasteiger partial charge in [-0.3, -0.25) is 0 Å². The molecule has 20 heavy (non-hydrogen) atoms. The fourth-order valence-electron chi connectivity index (χ4n) is 2.36. The van der Waals surface area contributed by atoms with Crippen molar-refractivity contribution in [3.8, 4) is 0 Å². The molecule has 0 unspecified atom stereocenters. The number of rotatable bonds is 4. The first-order valence-electron chi connectivity index (χ1n) is 6.45. The molecule has 0 bridgehead atoms. The van der Waals surface area contributed by atoms with Crippen LogP contribution in [0.5, 0.6) is 0 Å². The van der Waals surface area contributed by atoms with Crippen molar-refractivity contribution in [2.24, 2.45) is 0 Å². The maximum Gasteiger partial charge on any atom is 0.338 e. The Bertz CT molecular complexity index is 593. The number of carbonyl (C=O) groups is 1. The molecule has 0 saturated heterocycles. The first kappa shape index (κ1) is 15.0. The molecule has 6 heteroatoms. The number of benzene rings is 1. The number of sulfone groups is 1. The lowest BCUT2D eigenvalue weighted by atomic mass is 10.2. The molecule has 5 nitrogen and oxygen atoms in total. The van der Waals surface area contributed by atoms with E-state index in [1.165, 1.54) is 18.2 Å². The van der Waals surface area contributed by atoms with Crippen LogP contribution in [-0.4, -0.2) is 40.0 Å². The van der Waals surface area contributed by atoms with Crippen LogP contribution >= 0.6 is 0 Å². The number of hydrogen-bond acceptors (Lipinski definition) is 5. The molecule has 0 spiro atoms. The molecule has 0 N–H and O–H groups in total. The molecule has 0 heterocycles. The summed E-state index contributed by atoms with van der Waals surface area (Å²) in [5, 5.41) is 0. The second kappa shape index (κ2) is 5.93. The van der Waals surface area contributed by atoms with Gasteiger partial charge in [0.2, 0.25) is 0 Å². The molecule has 110 valence electrons. The lowest BCUT2D eigenvalue weighted by Gasteiger charge is -2.18. The normalized spacial score (nSPS) is 22.7. The minimum atomic E-state index is -3.33. The highest BCUT2D eigenvalue weighted by Gasteiger charge is 2.30. The van der Waals surface area contributed by atoms with Gasteiger partial charge in [-0.2, -0.15) is 0 Å². The number of esters is 1. The Hall–Kier alpha value is -1.40. The van der Waals surface area contributed by atoms with Crippen molar-refractivity contribution in [1.82, 2.24) is 0 Å². The van der Waals surface area contributed by atoms with E-state index in [1.807, 2.05) is 0 Å². The summed E-state index contributed by atoms with van der Waals surface area (Å²) in [6.45, 7) is 0. The van der Waals surface area contributed by atoms with Crippen molar-refractivity contribution in [3.05, 3.63) is 29.8 Å². The molecular formula is C14H18O5S. The monoisotopic (exact) mass is 298 g/mol.